The fourth-order valence-electron chi connectivity index (χ4n) is 3.20. The number of thioether (sulfide) groups is 1. The fraction of sp³-hybridized carbons (Fsp3) is 0.125. The Morgan fingerprint density at radius 1 is 1.03 bits per heavy atom. The molecule has 3 aromatic carbocycles. The van der Waals surface area contributed by atoms with Gasteiger partial charge in [0.1, 0.15) is 5.75 Å². The summed E-state index contributed by atoms with van der Waals surface area (Å²) in [6.07, 6.45) is 0. The normalized spacial score (nSPS) is 10.8. The van der Waals surface area contributed by atoms with Gasteiger partial charge >= 0.3 is 0 Å². The summed E-state index contributed by atoms with van der Waals surface area (Å²) in [5.74, 6) is -1.04. The lowest BCUT2D eigenvalue weighted by Crippen LogP contribution is -2.15. The van der Waals surface area contributed by atoms with Crippen LogP contribution in [0.2, 0.25) is 0 Å². The van der Waals surface area contributed by atoms with E-state index in [1.54, 1.807) is 7.11 Å². The van der Waals surface area contributed by atoms with Crippen molar-refractivity contribution in [3.8, 4) is 22.8 Å². The number of amides is 1. The van der Waals surface area contributed by atoms with Gasteiger partial charge in [-0.15, -0.1) is 10.2 Å². The van der Waals surface area contributed by atoms with Gasteiger partial charge in [-0.05, 0) is 49.4 Å². The van der Waals surface area contributed by atoms with Crippen molar-refractivity contribution in [1.29, 1.82) is 0 Å². The highest BCUT2D eigenvalue weighted by molar-refractivity contribution is 7.99. The van der Waals surface area contributed by atoms with Crippen LogP contribution in [-0.2, 0) is 4.79 Å². The molecule has 4 aromatic rings. The van der Waals surface area contributed by atoms with E-state index in [2.05, 4.69) is 15.5 Å². The van der Waals surface area contributed by atoms with Gasteiger partial charge in [-0.2, -0.15) is 0 Å². The number of carbonyl (C=O) groups excluding carboxylic acids is 1. The second-order valence-electron chi connectivity index (χ2n) is 7.17. The Bertz CT molecular complexity index is 1290. The van der Waals surface area contributed by atoms with Crippen molar-refractivity contribution in [3.63, 3.8) is 0 Å². The number of carbonyl (C=O) groups is 1. The highest BCUT2D eigenvalue weighted by atomic mass is 32.2. The van der Waals surface area contributed by atoms with Crippen LogP contribution in [0.4, 0.5) is 14.5 Å². The summed E-state index contributed by atoms with van der Waals surface area (Å²) in [6, 6.07) is 18.5. The molecular formula is C24H20F2N4O2S. The Labute approximate surface area is 193 Å². The molecule has 0 bridgehead atoms. The first-order valence-electron chi connectivity index (χ1n) is 9.99. The van der Waals surface area contributed by atoms with Gasteiger partial charge in [-0.25, -0.2) is 8.78 Å². The van der Waals surface area contributed by atoms with Crippen molar-refractivity contribution in [2.75, 3.05) is 18.2 Å². The lowest BCUT2D eigenvalue weighted by atomic mass is 10.1. The minimum Gasteiger partial charge on any atom is -0.497 e. The number of halogens is 2. The molecule has 1 heterocycles. The minimum atomic E-state index is -1.03. The molecule has 0 fully saturated rings. The molecule has 0 aliphatic heterocycles. The topological polar surface area (TPSA) is 69.0 Å². The number of methoxy groups -OCH3 is 1. The molecule has 6 nitrogen and oxygen atoms in total. The number of ether oxygens (including phenoxy) is 1. The van der Waals surface area contributed by atoms with Gasteiger partial charge in [0, 0.05) is 23.0 Å². The van der Waals surface area contributed by atoms with E-state index in [0.29, 0.717) is 16.7 Å². The van der Waals surface area contributed by atoms with Crippen LogP contribution in [0.1, 0.15) is 5.56 Å². The summed E-state index contributed by atoms with van der Waals surface area (Å²) >= 11 is 1.18. The number of anilines is 1. The van der Waals surface area contributed by atoms with E-state index in [4.69, 9.17) is 4.74 Å². The molecule has 1 amide bonds. The number of rotatable bonds is 7. The average Bonchev–Trinajstić information content (AvgIpc) is 3.24. The van der Waals surface area contributed by atoms with Gasteiger partial charge in [0.2, 0.25) is 5.91 Å². The summed E-state index contributed by atoms with van der Waals surface area (Å²) in [7, 11) is 1.60. The minimum absolute atomic E-state index is 0.00109. The van der Waals surface area contributed by atoms with Gasteiger partial charge in [0.05, 0.1) is 12.9 Å². The van der Waals surface area contributed by atoms with Gasteiger partial charge in [0.15, 0.2) is 22.6 Å². The van der Waals surface area contributed by atoms with Gasteiger partial charge in [0.25, 0.3) is 0 Å². The van der Waals surface area contributed by atoms with Crippen LogP contribution in [0, 0.1) is 18.6 Å². The molecule has 0 saturated carbocycles. The van der Waals surface area contributed by atoms with Crippen LogP contribution < -0.4 is 10.1 Å². The smallest absolute Gasteiger partial charge is 0.234 e. The molecule has 1 N–H and O–H groups in total. The summed E-state index contributed by atoms with van der Waals surface area (Å²) in [5.41, 5.74) is 2.95. The van der Waals surface area contributed by atoms with Crippen molar-refractivity contribution < 1.29 is 18.3 Å². The molecule has 168 valence electrons. The van der Waals surface area contributed by atoms with Gasteiger partial charge < -0.3 is 10.1 Å². The maximum Gasteiger partial charge on any atom is 0.234 e. The molecule has 0 aliphatic rings. The zero-order valence-electron chi connectivity index (χ0n) is 17.9. The average molecular weight is 467 g/mol. The lowest BCUT2D eigenvalue weighted by molar-refractivity contribution is -0.113. The van der Waals surface area contributed by atoms with Crippen molar-refractivity contribution in [1.82, 2.24) is 14.8 Å². The van der Waals surface area contributed by atoms with Crippen molar-refractivity contribution >= 4 is 23.4 Å². The summed E-state index contributed by atoms with van der Waals surface area (Å²) in [4.78, 5) is 12.4. The molecule has 1 aromatic heterocycles. The summed E-state index contributed by atoms with van der Waals surface area (Å²) < 4.78 is 33.6. The molecular weight excluding hydrogens is 446 g/mol. The van der Waals surface area contributed by atoms with Crippen LogP contribution in [0.25, 0.3) is 17.1 Å². The van der Waals surface area contributed by atoms with Crippen molar-refractivity contribution in [3.05, 3.63) is 83.9 Å². The zero-order chi connectivity index (χ0) is 23.4. The van der Waals surface area contributed by atoms with E-state index in [9.17, 15) is 13.6 Å². The third kappa shape index (κ3) is 5.20. The quantitative estimate of drug-likeness (QED) is 0.376. The number of nitrogens with zero attached hydrogens (tertiary/aromatic N) is 3. The monoisotopic (exact) mass is 466 g/mol. The van der Waals surface area contributed by atoms with E-state index in [1.807, 2.05) is 60.0 Å². The largest absolute Gasteiger partial charge is 0.497 e. The summed E-state index contributed by atoms with van der Waals surface area (Å²) in [6.45, 7) is 2.00. The Morgan fingerprint density at radius 3 is 2.52 bits per heavy atom. The molecule has 4 rings (SSSR count). The zero-order valence-corrected chi connectivity index (χ0v) is 18.7. The van der Waals surface area contributed by atoms with Crippen LogP contribution in [0.15, 0.2) is 71.9 Å². The maximum atomic E-state index is 13.4. The first-order chi connectivity index (χ1) is 15.9. The first-order valence-corrected chi connectivity index (χ1v) is 11.0. The van der Waals surface area contributed by atoms with Crippen molar-refractivity contribution in [2.45, 2.75) is 12.1 Å². The molecule has 0 radical (unpaired) electrons. The van der Waals surface area contributed by atoms with E-state index >= 15 is 0 Å². The molecule has 9 heteroatoms. The van der Waals surface area contributed by atoms with Gasteiger partial charge in [-0.1, -0.05) is 35.5 Å². The highest BCUT2D eigenvalue weighted by Crippen LogP contribution is 2.29. The van der Waals surface area contributed by atoms with E-state index in [1.165, 1.54) is 17.8 Å². The Morgan fingerprint density at radius 2 is 1.82 bits per heavy atom. The van der Waals surface area contributed by atoms with Gasteiger partial charge in [-0.3, -0.25) is 9.36 Å². The first kappa shape index (κ1) is 22.5. The molecule has 0 atom stereocenters. The third-order valence-corrected chi connectivity index (χ3v) is 5.70. The number of nitrogens with one attached hydrogen (secondary N) is 1. The highest BCUT2D eigenvalue weighted by Gasteiger charge is 2.18. The lowest BCUT2D eigenvalue weighted by Gasteiger charge is -2.11. The molecule has 0 spiro atoms. The number of hydrogen-bond acceptors (Lipinski definition) is 5. The van der Waals surface area contributed by atoms with E-state index in [-0.39, 0.29) is 17.3 Å². The third-order valence-electron chi connectivity index (χ3n) is 4.78. The predicted octanol–water partition coefficient (Wildman–Crippen LogP) is 5.26. The molecule has 0 saturated heterocycles. The number of hydrogen-bond donors (Lipinski definition) is 1. The van der Waals surface area contributed by atoms with E-state index in [0.717, 1.165) is 28.9 Å². The molecule has 33 heavy (non-hydrogen) atoms. The molecule has 0 unspecified atom stereocenters. The number of aryl methyl sites for hydroxylation is 1. The van der Waals surface area contributed by atoms with Crippen LogP contribution in [0.5, 0.6) is 5.75 Å². The Kier molecular flexibility index (Phi) is 6.69. The SMILES string of the molecule is COc1ccc(-n2c(SCC(=O)Nc3ccc(F)c(F)c3)nnc2-c2cccc(C)c2)cc1. The number of benzene rings is 3. The number of aromatic nitrogens is 3. The maximum absolute atomic E-state index is 13.4. The second-order valence-corrected chi connectivity index (χ2v) is 8.12. The van der Waals surface area contributed by atoms with Crippen LogP contribution in [-0.4, -0.2) is 33.5 Å². The Hall–Kier alpha value is -3.72. The predicted molar refractivity (Wildman–Crippen MR) is 124 cm³/mol. The molecule has 0 aliphatic carbocycles. The Balaban J connectivity index is 1.60. The second kappa shape index (κ2) is 9.83. The standard InChI is InChI=1S/C24H20F2N4O2S/c1-15-4-3-5-16(12-15)23-28-29-24(30(23)18-7-9-19(32-2)10-8-18)33-14-22(31)27-17-6-11-20(25)21(26)13-17/h3-13H,14H2,1-2H3,(H,27,31). The fourth-order valence-corrected chi connectivity index (χ4v) is 3.95. The van der Waals surface area contributed by atoms with Crippen LogP contribution >= 0.6 is 11.8 Å². The van der Waals surface area contributed by atoms with Crippen molar-refractivity contribution in [2.24, 2.45) is 0 Å². The van der Waals surface area contributed by atoms with E-state index < -0.39 is 11.6 Å². The summed E-state index contributed by atoms with van der Waals surface area (Å²) in [5, 5.41) is 11.7. The van der Waals surface area contributed by atoms with Crippen LogP contribution in [0.3, 0.4) is 0 Å².